The molecule has 0 aliphatic carbocycles. The van der Waals surface area contributed by atoms with Crippen molar-refractivity contribution in [3.63, 3.8) is 0 Å². The Morgan fingerprint density at radius 1 is 1.06 bits per heavy atom. The Morgan fingerprint density at radius 3 is 2.58 bits per heavy atom. The number of quaternary nitrogens is 1. The SMILES string of the molecule is O=C(O[C@H]1C[N+]2(CCCOc3ccccc3)CCC1CC2)N(Cc1cccs1)c1cccc(F)c1.[Br-]. The first-order valence-corrected chi connectivity index (χ1v) is 13.3. The molecular formula is C28H32BrFN2O3S. The van der Waals surface area contributed by atoms with Crippen LogP contribution in [0.4, 0.5) is 14.9 Å². The lowest BCUT2D eigenvalue weighted by Crippen LogP contribution is -3.00. The molecule has 1 aromatic heterocycles. The fourth-order valence-electron chi connectivity index (χ4n) is 5.43. The maximum absolute atomic E-state index is 14.0. The molecule has 0 radical (unpaired) electrons. The maximum atomic E-state index is 14.0. The predicted molar refractivity (Wildman–Crippen MR) is 136 cm³/mol. The van der Waals surface area contributed by atoms with E-state index in [0.717, 1.165) is 60.6 Å². The van der Waals surface area contributed by atoms with E-state index >= 15 is 0 Å². The van der Waals surface area contributed by atoms with E-state index in [2.05, 4.69) is 0 Å². The zero-order valence-electron chi connectivity index (χ0n) is 20.2. The van der Waals surface area contributed by atoms with Crippen LogP contribution in [0.25, 0.3) is 0 Å². The molecule has 192 valence electrons. The third-order valence-corrected chi connectivity index (χ3v) is 8.18. The maximum Gasteiger partial charge on any atom is 0.415 e. The molecule has 3 saturated heterocycles. The monoisotopic (exact) mass is 574 g/mol. The average molecular weight is 576 g/mol. The number of carbonyl (C=O) groups is 1. The summed E-state index contributed by atoms with van der Waals surface area (Å²) in [5, 5.41) is 1.98. The molecular weight excluding hydrogens is 543 g/mol. The number of benzene rings is 2. The summed E-state index contributed by atoms with van der Waals surface area (Å²) in [6.45, 7) is 5.19. The number of amides is 1. The van der Waals surface area contributed by atoms with Crippen LogP contribution in [-0.4, -0.2) is 49.5 Å². The summed E-state index contributed by atoms with van der Waals surface area (Å²) in [7, 11) is 0. The van der Waals surface area contributed by atoms with E-state index in [0.29, 0.717) is 24.8 Å². The van der Waals surface area contributed by atoms with Gasteiger partial charge in [-0.3, -0.25) is 4.90 Å². The van der Waals surface area contributed by atoms with Gasteiger partial charge in [0.1, 0.15) is 18.1 Å². The van der Waals surface area contributed by atoms with Gasteiger partial charge in [-0.25, -0.2) is 9.18 Å². The van der Waals surface area contributed by atoms with Crippen molar-refractivity contribution in [2.45, 2.75) is 31.9 Å². The van der Waals surface area contributed by atoms with Crippen molar-refractivity contribution in [1.29, 1.82) is 0 Å². The Bertz CT molecular complexity index is 1110. The quantitative estimate of drug-likeness (QED) is 0.291. The van der Waals surface area contributed by atoms with Gasteiger partial charge < -0.3 is 30.9 Å². The molecule has 2 bridgehead atoms. The van der Waals surface area contributed by atoms with Gasteiger partial charge >= 0.3 is 6.09 Å². The molecule has 1 atom stereocenters. The highest BCUT2D eigenvalue weighted by Gasteiger charge is 2.47. The number of piperidine rings is 3. The summed E-state index contributed by atoms with van der Waals surface area (Å²) >= 11 is 1.58. The lowest BCUT2D eigenvalue weighted by atomic mass is 9.83. The number of thiophene rings is 1. The van der Waals surface area contributed by atoms with Gasteiger partial charge in [0.15, 0.2) is 6.10 Å². The highest BCUT2D eigenvalue weighted by Crippen LogP contribution is 2.36. The minimum absolute atomic E-state index is 0. The van der Waals surface area contributed by atoms with E-state index in [9.17, 15) is 9.18 Å². The smallest absolute Gasteiger partial charge is 0.415 e. The molecule has 0 unspecified atom stereocenters. The first kappa shape index (κ1) is 26.6. The molecule has 3 fully saturated rings. The summed E-state index contributed by atoms with van der Waals surface area (Å²) in [6, 6.07) is 20.0. The van der Waals surface area contributed by atoms with Crippen LogP contribution in [0.5, 0.6) is 5.75 Å². The van der Waals surface area contributed by atoms with Crippen molar-refractivity contribution in [2.75, 3.05) is 37.7 Å². The van der Waals surface area contributed by atoms with Crippen LogP contribution in [0.1, 0.15) is 24.1 Å². The van der Waals surface area contributed by atoms with Crippen molar-refractivity contribution in [1.82, 2.24) is 0 Å². The number of para-hydroxylation sites is 1. The van der Waals surface area contributed by atoms with Gasteiger partial charge in [0.25, 0.3) is 0 Å². The normalized spacial score (nSPS) is 22.5. The van der Waals surface area contributed by atoms with Gasteiger partial charge in [-0.1, -0.05) is 30.3 Å². The number of hydrogen-bond donors (Lipinski definition) is 0. The number of rotatable bonds is 9. The summed E-state index contributed by atoms with van der Waals surface area (Å²) < 4.78 is 27.0. The van der Waals surface area contributed by atoms with Crippen molar-refractivity contribution in [3.8, 4) is 5.75 Å². The second kappa shape index (κ2) is 12.2. The largest absolute Gasteiger partial charge is 1.00 e. The zero-order valence-corrected chi connectivity index (χ0v) is 22.6. The van der Waals surface area contributed by atoms with Crippen LogP contribution in [0, 0.1) is 11.7 Å². The lowest BCUT2D eigenvalue weighted by Gasteiger charge is -2.52. The van der Waals surface area contributed by atoms with Gasteiger partial charge in [-0.15, -0.1) is 11.3 Å². The van der Waals surface area contributed by atoms with Crippen molar-refractivity contribution < 1.29 is 40.1 Å². The lowest BCUT2D eigenvalue weighted by molar-refractivity contribution is -0.946. The number of carbonyl (C=O) groups excluding carboxylic acids is 1. The third kappa shape index (κ3) is 6.47. The van der Waals surface area contributed by atoms with Gasteiger partial charge in [0.2, 0.25) is 0 Å². The average Bonchev–Trinajstić information content (AvgIpc) is 3.40. The van der Waals surface area contributed by atoms with Crippen molar-refractivity contribution in [2.24, 2.45) is 5.92 Å². The Labute approximate surface area is 226 Å². The van der Waals surface area contributed by atoms with Gasteiger partial charge in [0.05, 0.1) is 38.5 Å². The van der Waals surface area contributed by atoms with Gasteiger partial charge in [-0.05, 0) is 41.8 Å². The first-order valence-electron chi connectivity index (χ1n) is 12.4. The third-order valence-electron chi connectivity index (χ3n) is 7.32. The van der Waals surface area contributed by atoms with Crippen LogP contribution >= 0.6 is 11.3 Å². The number of nitrogens with zero attached hydrogens (tertiary/aromatic N) is 2. The Balaban J connectivity index is 0.00000304. The molecule has 5 nitrogen and oxygen atoms in total. The van der Waals surface area contributed by atoms with Crippen LogP contribution in [0.2, 0.25) is 0 Å². The van der Waals surface area contributed by atoms with Crippen LogP contribution in [0.3, 0.4) is 0 Å². The number of hydrogen-bond acceptors (Lipinski definition) is 4. The van der Waals surface area contributed by atoms with E-state index in [1.807, 2.05) is 47.8 Å². The second-order valence-corrected chi connectivity index (χ2v) is 10.6. The number of ether oxygens (including phenoxy) is 2. The molecule has 8 heteroatoms. The summed E-state index contributed by atoms with van der Waals surface area (Å²) in [4.78, 5) is 16.0. The predicted octanol–water partition coefficient (Wildman–Crippen LogP) is 3.11. The van der Waals surface area contributed by atoms with E-state index < -0.39 is 6.09 Å². The standard InChI is InChI=1S/C28H32FN2O3S.BrH/c29-23-7-4-8-24(19-23)30(20-26-11-5-18-35-26)28(32)34-27-21-31(15-12-22(27)13-16-31)14-6-17-33-25-9-2-1-3-10-25;/h1-5,7-11,18-19,22,27H,6,12-17,20-21H2;1H/q+1;/p-1/t22?,27-,31?;/m0./s1. The van der Waals surface area contributed by atoms with Gasteiger partial charge in [0, 0.05) is 30.1 Å². The summed E-state index contributed by atoms with van der Waals surface area (Å²) in [6.07, 6.45) is 2.60. The van der Waals surface area contributed by atoms with E-state index in [1.165, 1.54) is 12.1 Å². The summed E-state index contributed by atoms with van der Waals surface area (Å²) in [5.41, 5.74) is 0.520. The molecule has 0 spiro atoms. The van der Waals surface area contributed by atoms with E-state index in [1.54, 1.807) is 28.4 Å². The Kier molecular flexibility index (Phi) is 9.04. The van der Waals surface area contributed by atoms with Crippen LogP contribution in [0.15, 0.2) is 72.1 Å². The molecule has 3 aliphatic rings. The minimum Gasteiger partial charge on any atom is -1.00 e. The molecule has 1 amide bonds. The Morgan fingerprint density at radius 2 is 1.86 bits per heavy atom. The van der Waals surface area contributed by atoms with Crippen LogP contribution < -0.4 is 26.6 Å². The minimum atomic E-state index is -0.395. The highest BCUT2D eigenvalue weighted by atomic mass is 79.9. The molecule has 3 aliphatic heterocycles. The second-order valence-electron chi connectivity index (χ2n) is 9.62. The molecule has 2 aromatic carbocycles. The first-order chi connectivity index (χ1) is 17.1. The molecule has 0 N–H and O–H groups in total. The number of anilines is 1. The van der Waals surface area contributed by atoms with Crippen LogP contribution in [-0.2, 0) is 11.3 Å². The number of halogens is 2. The highest BCUT2D eigenvalue weighted by molar-refractivity contribution is 7.09. The van der Waals surface area contributed by atoms with Gasteiger partial charge in [-0.2, -0.15) is 0 Å². The van der Waals surface area contributed by atoms with Crippen molar-refractivity contribution in [3.05, 3.63) is 82.8 Å². The van der Waals surface area contributed by atoms with Crippen molar-refractivity contribution >= 4 is 23.1 Å². The summed E-state index contributed by atoms with van der Waals surface area (Å²) in [5.74, 6) is 0.937. The topological polar surface area (TPSA) is 38.8 Å². The molecule has 36 heavy (non-hydrogen) atoms. The van der Waals surface area contributed by atoms with E-state index in [4.69, 9.17) is 9.47 Å². The van der Waals surface area contributed by atoms with E-state index in [-0.39, 0.29) is 28.9 Å². The fraction of sp³-hybridized carbons (Fsp3) is 0.393. The molecule has 4 heterocycles. The molecule has 3 aromatic rings. The molecule has 6 rings (SSSR count). The Hall–Kier alpha value is -2.42. The number of fused-ring (bicyclic) bond motifs is 3. The zero-order chi connectivity index (χ0) is 24.1. The molecule has 0 saturated carbocycles. The fourth-order valence-corrected chi connectivity index (χ4v) is 6.13.